The van der Waals surface area contributed by atoms with Gasteiger partial charge in [0.25, 0.3) is 0 Å². The zero-order chi connectivity index (χ0) is 47.8. The lowest BCUT2D eigenvalue weighted by Gasteiger charge is -2.24. The van der Waals surface area contributed by atoms with E-state index in [1.165, 1.54) is 148 Å². The van der Waals surface area contributed by atoms with Crippen LogP contribution in [0, 0.1) is 0 Å². The van der Waals surface area contributed by atoms with E-state index in [9.17, 15) is 19.0 Å². The summed E-state index contributed by atoms with van der Waals surface area (Å²) in [4.78, 5) is 35.4. The van der Waals surface area contributed by atoms with Gasteiger partial charge < -0.3 is 18.9 Å². The van der Waals surface area contributed by atoms with Crippen molar-refractivity contribution in [2.75, 3.05) is 47.5 Å². The van der Waals surface area contributed by atoms with Crippen LogP contribution >= 0.6 is 7.82 Å². The number of hydrogen-bond donors (Lipinski definition) is 1. The number of unbranched alkanes of at least 4 members (excludes halogenated alkanes) is 27. The molecule has 0 saturated heterocycles. The van der Waals surface area contributed by atoms with Gasteiger partial charge >= 0.3 is 19.8 Å². The molecular formula is C55H103NO8P+. The molecule has 0 aromatic carbocycles. The standard InChI is InChI=1S/C55H102NO8P/c1-6-8-10-12-14-16-18-19-20-21-22-23-24-25-26-27-28-29-30-31-32-33-34-35-36-37-38-40-42-44-46-48-55(58)64-53(52-63-65(59,60)62-50-49-56(3,4)5)51-61-54(57)47-45-43-41-39-17-15-13-11-9-7-2/h8,10,14,16,19-20,22-23,53H,6-7,9,11-13,15,17-18,21,24-52H2,1-5H3/p+1/b10-8-,16-14-,20-19-,23-22-. The first-order valence-electron chi connectivity index (χ1n) is 26.9. The largest absolute Gasteiger partial charge is 0.472 e. The van der Waals surface area contributed by atoms with Gasteiger partial charge in [-0.1, -0.05) is 223 Å². The smallest absolute Gasteiger partial charge is 0.462 e. The van der Waals surface area contributed by atoms with Crippen molar-refractivity contribution >= 4 is 19.8 Å². The molecule has 0 aliphatic rings. The molecule has 0 fully saturated rings. The zero-order valence-electron chi connectivity index (χ0n) is 43.0. The molecule has 2 unspecified atom stereocenters. The lowest BCUT2D eigenvalue weighted by molar-refractivity contribution is -0.870. The zero-order valence-corrected chi connectivity index (χ0v) is 43.9. The van der Waals surface area contributed by atoms with E-state index >= 15 is 0 Å². The molecule has 0 rings (SSSR count). The van der Waals surface area contributed by atoms with Gasteiger partial charge in [0, 0.05) is 12.8 Å². The van der Waals surface area contributed by atoms with Crippen LogP contribution < -0.4 is 0 Å². The van der Waals surface area contributed by atoms with Gasteiger partial charge in [-0.3, -0.25) is 18.6 Å². The first kappa shape index (κ1) is 63.0. The lowest BCUT2D eigenvalue weighted by atomic mass is 10.0. The maximum Gasteiger partial charge on any atom is 0.472 e. The van der Waals surface area contributed by atoms with Gasteiger partial charge in [0.05, 0.1) is 27.7 Å². The Morgan fingerprint density at radius 2 is 0.877 bits per heavy atom. The van der Waals surface area contributed by atoms with E-state index < -0.39 is 26.5 Å². The summed E-state index contributed by atoms with van der Waals surface area (Å²) >= 11 is 0. The number of likely N-dealkylation sites (N-methyl/N-ethyl adjacent to an activating group) is 1. The quantitative estimate of drug-likeness (QED) is 0.0211. The van der Waals surface area contributed by atoms with Crippen molar-refractivity contribution in [2.24, 2.45) is 0 Å². The van der Waals surface area contributed by atoms with Crippen LogP contribution in [0.5, 0.6) is 0 Å². The molecule has 65 heavy (non-hydrogen) atoms. The lowest BCUT2D eigenvalue weighted by Crippen LogP contribution is -2.37. The summed E-state index contributed by atoms with van der Waals surface area (Å²) in [5.74, 6) is -0.791. The Labute approximate surface area is 401 Å². The third-order valence-corrected chi connectivity index (χ3v) is 12.6. The van der Waals surface area contributed by atoms with E-state index in [0.29, 0.717) is 23.9 Å². The second-order valence-electron chi connectivity index (χ2n) is 19.2. The minimum atomic E-state index is -4.37. The molecule has 2 atom stereocenters. The van der Waals surface area contributed by atoms with Gasteiger partial charge in [-0.05, 0) is 51.4 Å². The van der Waals surface area contributed by atoms with Gasteiger partial charge in [-0.15, -0.1) is 0 Å². The molecule has 0 aromatic rings. The van der Waals surface area contributed by atoms with Crippen molar-refractivity contribution in [3.63, 3.8) is 0 Å². The number of quaternary nitrogens is 1. The third kappa shape index (κ3) is 51.2. The van der Waals surface area contributed by atoms with Crippen LogP contribution in [0.2, 0.25) is 0 Å². The first-order chi connectivity index (χ1) is 31.5. The predicted octanol–water partition coefficient (Wildman–Crippen LogP) is 16.2. The van der Waals surface area contributed by atoms with Gasteiger partial charge in [0.15, 0.2) is 6.10 Å². The molecule has 0 aliphatic heterocycles. The highest BCUT2D eigenvalue weighted by molar-refractivity contribution is 7.47. The highest BCUT2D eigenvalue weighted by Crippen LogP contribution is 2.43. The molecule has 10 heteroatoms. The molecule has 0 spiro atoms. The molecule has 1 N–H and O–H groups in total. The van der Waals surface area contributed by atoms with E-state index in [4.69, 9.17) is 18.5 Å². The first-order valence-corrected chi connectivity index (χ1v) is 28.4. The minimum absolute atomic E-state index is 0.0334. The highest BCUT2D eigenvalue weighted by Gasteiger charge is 2.27. The van der Waals surface area contributed by atoms with E-state index in [-0.39, 0.29) is 25.6 Å². The van der Waals surface area contributed by atoms with Crippen molar-refractivity contribution in [1.29, 1.82) is 0 Å². The average molecular weight is 937 g/mol. The highest BCUT2D eigenvalue weighted by atomic mass is 31.2. The van der Waals surface area contributed by atoms with Crippen molar-refractivity contribution in [3.05, 3.63) is 48.6 Å². The van der Waals surface area contributed by atoms with Crippen molar-refractivity contribution < 1.29 is 42.1 Å². The number of hydrogen-bond acceptors (Lipinski definition) is 7. The molecule has 0 heterocycles. The second-order valence-corrected chi connectivity index (χ2v) is 20.7. The summed E-state index contributed by atoms with van der Waals surface area (Å²) in [5.41, 5.74) is 0. The van der Waals surface area contributed by atoms with E-state index in [0.717, 1.165) is 57.8 Å². The Kier molecular flexibility index (Phi) is 45.6. The summed E-state index contributed by atoms with van der Waals surface area (Å²) in [6, 6.07) is 0. The Morgan fingerprint density at radius 3 is 1.31 bits per heavy atom. The van der Waals surface area contributed by atoms with Gasteiger partial charge in [0.1, 0.15) is 19.8 Å². The molecule has 0 saturated carbocycles. The Morgan fingerprint density at radius 1 is 0.492 bits per heavy atom. The number of phosphoric ester groups is 1. The van der Waals surface area contributed by atoms with Crippen molar-refractivity contribution in [3.8, 4) is 0 Å². The normalized spacial score (nSPS) is 13.8. The van der Waals surface area contributed by atoms with Crippen LogP contribution in [-0.4, -0.2) is 74.9 Å². The maximum absolute atomic E-state index is 12.7. The minimum Gasteiger partial charge on any atom is -0.462 e. The Bertz CT molecular complexity index is 1240. The number of ether oxygens (including phenoxy) is 2. The number of carbonyl (C=O) groups excluding carboxylic acids is 2. The molecule has 0 bridgehead atoms. The molecule has 0 radical (unpaired) electrons. The monoisotopic (exact) mass is 937 g/mol. The third-order valence-electron chi connectivity index (χ3n) is 11.6. The van der Waals surface area contributed by atoms with Crippen LogP contribution in [0.15, 0.2) is 48.6 Å². The Hall–Kier alpha value is -2.03. The summed E-state index contributed by atoms with van der Waals surface area (Å²) in [6.07, 6.45) is 57.6. The predicted molar refractivity (Wildman–Crippen MR) is 275 cm³/mol. The molecule has 9 nitrogen and oxygen atoms in total. The summed E-state index contributed by atoms with van der Waals surface area (Å²) in [7, 11) is 1.48. The summed E-state index contributed by atoms with van der Waals surface area (Å²) < 4.78 is 34.4. The van der Waals surface area contributed by atoms with Gasteiger partial charge in [0.2, 0.25) is 0 Å². The van der Waals surface area contributed by atoms with Crippen LogP contribution in [0.3, 0.4) is 0 Å². The fourth-order valence-electron chi connectivity index (χ4n) is 7.48. The van der Waals surface area contributed by atoms with Crippen LogP contribution in [0.25, 0.3) is 0 Å². The molecule has 0 aromatic heterocycles. The number of allylic oxidation sites excluding steroid dienone is 8. The molecular weight excluding hydrogens is 834 g/mol. The summed E-state index contributed by atoms with van der Waals surface area (Å²) in [6.45, 7) is 4.32. The SMILES string of the molecule is CC/C=C\C/C=C\C/C=C\C/C=C\CCCCCCCCCCCCCCCCCCCCC(=O)OC(COC(=O)CCCCCCCCCCCC)COP(=O)(O)OCC[N+](C)(C)C. The number of esters is 2. The summed E-state index contributed by atoms with van der Waals surface area (Å²) in [5, 5.41) is 0. The van der Waals surface area contributed by atoms with E-state index in [1.54, 1.807) is 0 Å². The van der Waals surface area contributed by atoms with E-state index in [2.05, 4.69) is 62.5 Å². The number of phosphoric acid groups is 1. The fourth-order valence-corrected chi connectivity index (χ4v) is 8.22. The molecule has 0 amide bonds. The van der Waals surface area contributed by atoms with Crippen molar-refractivity contribution in [1.82, 2.24) is 0 Å². The van der Waals surface area contributed by atoms with Crippen LogP contribution in [-0.2, 0) is 32.7 Å². The Balaban J connectivity index is 4.00. The fraction of sp³-hybridized carbons (Fsp3) is 0.818. The van der Waals surface area contributed by atoms with Crippen molar-refractivity contribution in [2.45, 2.75) is 245 Å². The van der Waals surface area contributed by atoms with Gasteiger partial charge in [-0.25, -0.2) is 4.57 Å². The van der Waals surface area contributed by atoms with Crippen LogP contribution in [0.4, 0.5) is 0 Å². The molecule has 380 valence electrons. The van der Waals surface area contributed by atoms with Crippen LogP contribution in [0.1, 0.15) is 239 Å². The number of carbonyl (C=O) groups is 2. The topological polar surface area (TPSA) is 108 Å². The molecule has 0 aliphatic carbocycles. The van der Waals surface area contributed by atoms with Gasteiger partial charge in [-0.2, -0.15) is 0 Å². The number of nitrogens with zero attached hydrogens (tertiary/aromatic N) is 1. The van der Waals surface area contributed by atoms with E-state index in [1.807, 2.05) is 21.1 Å². The maximum atomic E-state index is 12.7. The average Bonchev–Trinajstić information content (AvgIpc) is 3.26. The number of rotatable bonds is 49. The second kappa shape index (κ2) is 47.1.